The Hall–Kier alpha value is 0.537. The van der Waals surface area contributed by atoms with E-state index in [2.05, 4.69) is 53.4 Å². The zero-order valence-electron chi connectivity index (χ0n) is 36.1. The van der Waals surface area contributed by atoms with Crippen molar-refractivity contribution in [1.82, 2.24) is 8.61 Å². The molecule has 4 bridgehead atoms. The third-order valence-corrected chi connectivity index (χ3v) is 19.3. The van der Waals surface area contributed by atoms with Gasteiger partial charge < -0.3 is 16.7 Å². The van der Waals surface area contributed by atoms with Gasteiger partial charge in [0.15, 0.2) is 31.3 Å². The summed E-state index contributed by atoms with van der Waals surface area (Å²) in [5.41, 5.74) is 2.06. The monoisotopic (exact) mass is 798 g/mol. The minimum atomic E-state index is -3.54. The summed E-state index contributed by atoms with van der Waals surface area (Å²) >= 11 is 0. The number of hydrogen-bond acceptors (Lipinski definition) is 8. The van der Waals surface area contributed by atoms with Crippen molar-refractivity contribution in [2.24, 2.45) is 39.2 Å². The Morgan fingerprint density at radius 2 is 1.13 bits per heavy atom. The Labute approximate surface area is 344 Å². The van der Waals surface area contributed by atoms with Gasteiger partial charge in [0.25, 0.3) is 0 Å². The Bertz CT molecular complexity index is 1510. The van der Waals surface area contributed by atoms with E-state index in [9.17, 15) is 27.2 Å². The second kappa shape index (κ2) is 16.4. The van der Waals surface area contributed by atoms with Crippen LogP contribution in [0.4, 0.5) is 0 Å². The molecular formula is C37H76AlLiN4O6S2Si. The molecule has 0 amide bonds. The fourth-order valence-corrected chi connectivity index (χ4v) is 18.6. The first-order valence-corrected chi connectivity index (χ1v) is 25.6. The molecule has 0 aliphatic heterocycles. The largest absolute Gasteiger partial charge is 1.00 e. The van der Waals surface area contributed by atoms with Crippen molar-refractivity contribution in [2.45, 2.75) is 177 Å². The average molecular weight is 799 g/mol. The van der Waals surface area contributed by atoms with E-state index < -0.39 is 50.4 Å². The molecule has 0 saturated heterocycles. The van der Waals surface area contributed by atoms with Crippen molar-refractivity contribution in [1.29, 1.82) is 5.26 Å². The molecule has 0 aromatic carbocycles. The van der Waals surface area contributed by atoms with Crippen molar-refractivity contribution < 1.29 is 46.7 Å². The quantitative estimate of drug-likeness (QED) is 0.269. The van der Waals surface area contributed by atoms with Crippen LogP contribution in [0.15, 0.2) is 0 Å². The van der Waals surface area contributed by atoms with E-state index >= 15 is 0 Å². The Morgan fingerprint density at radius 1 is 0.788 bits per heavy atom. The molecule has 4 aliphatic rings. The van der Waals surface area contributed by atoms with E-state index in [1.165, 1.54) is 0 Å². The molecule has 0 aromatic rings. The first-order chi connectivity index (χ1) is 22.4. The van der Waals surface area contributed by atoms with Crippen LogP contribution in [0.3, 0.4) is 0 Å². The van der Waals surface area contributed by atoms with Crippen LogP contribution in [0.1, 0.15) is 123 Å². The van der Waals surface area contributed by atoms with Gasteiger partial charge in [0.2, 0.25) is 20.0 Å². The molecule has 300 valence electrons. The molecule has 4 rings (SSSR count). The third kappa shape index (κ3) is 8.26. The van der Waals surface area contributed by atoms with Crippen LogP contribution in [-0.4, -0.2) is 110 Å². The maximum atomic E-state index is 13.6. The molecule has 15 heteroatoms. The van der Waals surface area contributed by atoms with Crippen LogP contribution in [0, 0.1) is 44.8 Å². The summed E-state index contributed by atoms with van der Waals surface area (Å²) < 4.78 is 63.3. The minimum absolute atomic E-state index is 0. The van der Waals surface area contributed by atoms with Gasteiger partial charge in [-0.05, 0) is 136 Å². The van der Waals surface area contributed by atoms with Gasteiger partial charge in [-0.2, -0.15) is 13.9 Å². The first-order valence-electron chi connectivity index (χ1n) is 19.0. The van der Waals surface area contributed by atoms with Gasteiger partial charge in [-0.25, -0.2) is 16.8 Å². The van der Waals surface area contributed by atoms with Gasteiger partial charge in [-0.3, -0.25) is 0 Å². The van der Waals surface area contributed by atoms with Crippen molar-refractivity contribution in [3.8, 4) is 6.07 Å². The van der Waals surface area contributed by atoms with E-state index in [1.807, 2.05) is 55.4 Å². The second-order valence-corrected chi connectivity index (χ2v) is 27.6. The molecule has 3 N–H and O–H groups in total. The molecule has 0 heterocycles. The normalized spacial score (nSPS) is 33.4. The summed E-state index contributed by atoms with van der Waals surface area (Å²) in [6.07, 6.45) is 4.71. The molecule has 4 fully saturated rings. The maximum absolute atomic E-state index is 13.6. The van der Waals surface area contributed by atoms with E-state index in [1.54, 1.807) is 8.61 Å². The molecule has 10 nitrogen and oxygen atoms in total. The Balaban J connectivity index is 0.000000976. The van der Waals surface area contributed by atoms with Gasteiger partial charge in [0, 0.05) is 41.5 Å². The van der Waals surface area contributed by atoms with Crippen LogP contribution >= 0.6 is 0 Å². The number of sulfonamides is 2. The fourth-order valence-electron chi connectivity index (χ4n) is 11.5. The van der Waals surface area contributed by atoms with E-state index in [-0.39, 0.29) is 90.7 Å². The van der Waals surface area contributed by atoms with Crippen LogP contribution in [-0.2, 0) is 24.5 Å². The van der Waals surface area contributed by atoms with Crippen molar-refractivity contribution in [3.05, 3.63) is 0 Å². The summed E-state index contributed by atoms with van der Waals surface area (Å²) in [6, 6.07) is 2.11. The molecule has 5 unspecified atom stereocenters. The minimum Gasteiger partial charge on any atom is -1.00 e. The number of fused-ring (bicyclic) bond motifs is 4. The van der Waals surface area contributed by atoms with Crippen molar-refractivity contribution >= 4 is 45.7 Å². The fraction of sp³-hybridized carbons (Fsp3) is 0.973. The summed E-state index contributed by atoms with van der Waals surface area (Å²) in [7, 11) is -9.06. The number of nitriles is 1. The topological polar surface area (TPSA) is 154 Å². The predicted molar refractivity (Wildman–Crippen MR) is 217 cm³/mol. The predicted octanol–water partition coefficient (Wildman–Crippen LogP) is 2.26. The standard InChI is InChI=1S/C20H38N2O3SSi.C17H34N2O3S.Al.Li.4H/c1-15(2)22(16(3)4)26(23,24)14-19-11-10-17(18(19,5)6)12-20(19,13-21)25-27(7,8)9;1-12(2)19(13(3)4)23(21,22)11-16-8-7-14(15(16,5)6)9-17(16,20)10-18;;;;;;/h15-17H,10-12,14H2,1-9H3;12-14,20H,7-11,18H2,1-6H3;;;;;;/q;;;+1;;;;-1/t17?,19?,20-;;;;;;;/m1......./s1. The Kier molecular flexibility index (Phi) is 16.0. The van der Waals surface area contributed by atoms with Gasteiger partial charge in [-0.15, -0.1) is 0 Å². The Morgan fingerprint density at radius 3 is 1.44 bits per heavy atom. The summed E-state index contributed by atoms with van der Waals surface area (Å²) in [4.78, 5) is 0. The zero-order valence-corrected chi connectivity index (χ0v) is 37.7. The summed E-state index contributed by atoms with van der Waals surface area (Å²) in [5.74, 6) is 0.666. The van der Waals surface area contributed by atoms with Crippen LogP contribution in [0.25, 0.3) is 0 Å². The average Bonchev–Trinajstić information content (AvgIpc) is 3.42. The molecule has 0 aromatic heterocycles. The molecule has 0 spiro atoms. The van der Waals surface area contributed by atoms with E-state index in [0.717, 1.165) is 25.7 Å². The second-order valence-electron chi connectivity index (χ2n) is 19.4. The maximum Gasteiger partial charge on any atom is 1.00 e. The molecule has 6 atom stereocenters. The summed E-state index contributed by atoms with van der Waals surface area (Å²) in [6.45, 7) is 30.2. The van der Waals surface area contributed by atoms with Crippen molar-refractivity contribution in [2.75, 3.05) is 18.1 Å². The summed E-state index contributed by atoms with van der Waals surface area (Å²) in [5, 5.41) is 21.5. The van der Waals surface area contributed by atoms with Gasteiger partial charge in [0.1, 0.15) is 0 Å². The number of rotatable bonds is 13. The number of nitrogens with two attached hydrogens (primary N) is 1. The number of hydrogen-bond donors (Lipinski definition) is 2. The van der Waals surface area contributed by atoms with Crippen LogP contribution < -0.4 is 24.6 Å². The van der Waals surface area contributed by atoms with Gasteiger partial charge in [0.05, 0.1) is 23.2 Å². The van der Waals surface area contributed by atoms with Crippen LogP contribution in [0.2, 0.25) is 19.6 Å². The van der Waals surface area contributed by atoms with Gasteiger partial charge >= 0.3 is 18.9 Å². The molecule has 52 heavy (non-hydrogen) atoms. The molecule has 4 aliphatic carbocycles. The van der Waals surface area contributed by atoms with E-state index in [4.69, 9.17) is 10.2 Å². The number of nitrogens with zero attached hydrogens (tertiary/aromatic N) is 3. The first kappa shape index (κ1) is 50.6. The smallest absolute Gasteiger partial charge is 1.00 e. The van der Waals surface area contributed by atoms with Crippen molar-refractivity contribution in [3.63, 3.8) is 0 Å². The molecular weight excluding hydrogens is 723 g/mol. The molecule has 4 saturated carbocycles. The van der Waals surface area contributed by atoms with Crippen LogP contribution in [0.5, 0.6) is 0 Å². The van der Waals surface area contributed by atoms with E-state index in [0.29, 0.717) is 24.7 Å². The molecule has 0 radical (unpaired) electrons. The number of aliphatic hydroxyl groups is 1. The van der Waals surface area contributed by atoms with Gasteiger partial charge in [-0.1, -0.05) is 27.7 Å². The zero-order chi connectivity index (χ0) is 38.9. The third-order valence-electron chi connectivity index (χ3n) is 13.7. The SMILES string of the molecule is CC(C)N(C(C)C)S(=O)(=O)CC12CCC(CC1(O)CN)C2(C)C.CC(C)N(C(C)C)S(=O)(=O)CC12CCC(C[C@]1(C#N)O[Si](C)(C)C)C2(C)C.[AlH3].[H-].[Li+].